The molecule has 3 N–H and O–H groups in total. The molecule has 0 radical (unpaired) electrons. The molecular formula is C16H27N3O4. The van der Waals surface area contributed by atoms with Gasteiger partial charge in [-0.1, -0.05) is 20.8 Å². The molecule has 0 bridgehead atoms. The minimum absolute atomic E-state index is 0.204. The molecule has 2 heterocycles. The number of nitrogens with zero attached hydrogens (tertiary/aromatic N) is 2. The largest absolute Gasteiger partial charge is 0.391 e. The summed E-state index contributed by atoms with van der Waals surface area (Å²) in [7, 11) is 0. The number of likely N-dealkylation sites (tertiary alicyclic amines) is 2. The van der Waals surface area contributed by atoms with Crippen LogP contribution in [0.2, 0.25) is 0 Å². The lowest BCUT2D eigenvalue weighted by molar-refractivity contribution is -0.178. The van der Waals surface area contributed by atoms with E-state index < -0.39 is 23.7 Å². The molecule has 0 aromatic heterocycles. The number of carbonyl (C=O) groups is 3. The number of ketones is 1. The Kier molecular flexibility index (Phi) is 4.56. The average molecular weight is 325 g/mol. The summed E-state index contributed by atoms with van der Waals surface area (Å²) in [5.41, 5.74) is 5.03. The molecule has 3 unspecified atom stereocenters. The van der Waals surface area contributed by atoms with Crippen LogP contribution in [0.3, 0.4) is 0 Å². The number of Topliss-reactive ketones (excluding diaryl/α,β-unsaturated/α-hetero) is 1. The summed E-state index contributed by atoms with van der Waals surface area (Å²) >= 11 is 0. The van der Waals surface area contributed by atoms with Crippen molar-refractivity contribution in [3.05, 3.63) is 0 Å². The maximum absolute atomic E-state index is 12.9. The molecule has 2 rings (SSSR count). The standard InChI is InChI=1S/C16H27N3O4/c1-8(2)6-19-14(22)12(17)9(3)16(19)7-18(15(16)23)13(10(4)20)11(5)21/h8-10,12-13,20H,6-7,17H2,1-5H3/t9?,10-,12?,13+,16?/m1/s1. The zero-order valence-electron chi connectivity index (χ0n) is 14.4. The van der Waals surface area contributed by atoms with Gasteiger partial charge in [0.05, 0.1) is 18.7 Å². The summed E-state index contributed by atoms with van der Waals surface area (Å²) in [5.74, 6) is -0.877. The monoisotopic (exact) mass is 325 g/mol. The maximum Gasteiger partial charge on any atom is 0.251 e. The first-order chi connectivity index (χ1) is 10.6. The zero-order chi connectivity index (χ0) is 17.7. The van der Waals surface area contributed by atoms with Crippen molar-refractivity contribution >= 4 is 17.6 Å². The third kappa shape index (κ3) is 2.46. The first-order valence-corrected chi connectivity index (χ1v) is 8.12. The van der Waals surface area contributed by atoms with Gasteiger partial charge in [-0.05, 0) is 19.8 Å². The molecule has 7 nitrogen and oxygen atoms in total. The van der Waals surface area contributed by atoms with Gasteiger partial charge in [0.25, 0.3) is 5.91 Å². The van der Waals surface area contributed by atoms with Gasteiger partial charge >= 0.3 is 0 Å². The molecule has 0 aliphatic carbocycles. The van der Waals surface area contributed by atoms with Gasteiger partial charge in [-0.2, -0.15) is 0 Å². The highest BCUT2D eigenvalue weighted by Crippen LogP contribution is 2.44. The molecular weight excluding hydrogens is 298 g/mol. The first kappa shape index (κ1) is 17.9. The second-order valence-electron chi connectivity index (χ2n) is 7.31. The van der Waals surface area contributed by atoms with E-state index >= 15 is 0 Å². The van der Waals surface area contributed by atoms with Gasteiger partial charge in [0.1, 0.15) is 11.6 Å². The zero-order valence-corrected chi connectivity index (χ0v) is 14.4. The van der Waals surface area contributed by atoms with E-state index in [0.717, 1.165) is 0 Å². The Morgan fingerprint density at radius 1 is 1.39 bits per heavy atom. The first-order valence-electron chi connectivity index (χ1n) is 8.12. The lowest BCUT2D eigenvalue weighted by Gasteiger charge is -2.55. The van der Waals surface area contributed by atoms with Crippen LogP contribution in [0, 0.1) is 11.8 Å². The average Bonchev–Trinajstić information content (AvgIpc) is 2.61. The van der Waals surface area contributed by atoms with Gasteiger partial charge in [0, 0.05) is 12.5 Å². The summed E-state index contributed by atoms with van der Waals surface area (Å²) in [4.78, 5) is 40.2. The quantitative estimate of drug-likeness (QED) is 0.655. The molecule has 2 amide bonds. The summed E-state index contributed by atoms with van der Waals surface area (Å²) in [6, 6.07) is -1.57. The number of carbonyl (C=O) groups excluding carboxylic acids is 3. The number of rotatable bonds is 5. The van der Waals surface area contributed by atoms with Crippen molar-refractivity contribution in [3.63, 3.8) is 0 Å². The Morgan fingerprint density at radius 2 is 1.96 bits per heavy atom. The van der Waals surface area contributed by atoms with Crippen molar-refractivity contribution < 1.29 is 19.5 Å². The van der Waals surface area contributed by atoms with Crippen molar-refractivity contribution in [3.8, 4) is 0 Å². The third-order valence-electron chi connectivity index (χ3n) is 5.12. The van der Waals surface area contributed by atoms with E-state index in [4.69, 9.17) is 5.73 Å². The molecule has 2 aliphatic rings. The van der Waals surface area contributed by atoms with Crippen LogP contribution in [0.1, 0.15) is 34.6 Å². The number of hydrogen-bond acceptors (Lipinski definition) is 5. The second-order valence-corrected chi connectivity index (χ2v) is 7.31. The van der Waals surface area contributed by atoms with E-state index in [2.05, 4.69) is 0 Å². The Hall–Kier alpha value is -1.47. The highest BCUT2D eigenvalue weighted by atomic mass is 16.3. The number of hydrogen-bond donors (Lipinski definition) is 2. The number of β-lactam (4-membered cyclic amide) rings is 1. The number of aliphatic hydroxyl groups excluding tert-OH is 1. The smallest absolute Gasteiger partial charge is 0.251 e. The van der Waals surface area contributed by atoms with E-state index in [1.807, 2.05) is 20.8 Å². The lowest BCUT2D eigenvalue weighted by Crippen LogP contribution is -2.78. The van der Waals surface area contributed by atoms with E-state index in [-0.39, 0.29) is 36.0 Å². The molecule has 23 heavy (non-hydrogen) atoms. The normalized spacial score (nSPS) is 33.4. The fraction of sp³-hybridized carbons (Fsp3) is 0.812. The Bertz CT molecular complexity index is 533. The van der Waals surface area contributed by atoms with E-state index in [1.54, 1.807) is 4.90 Å². The minimum Gasteiger partial charge on any atom is -0.391 e. The molecule has 0 saturated carbocycles. The Morgan fingerprint density at radius 3 is 2.35 bits per heavy atom. The van der Waals surface area contributed by atoms with Crippen molar-refractivity contribution in [1.82, 2.24) is 9.80 Å². The number of aliphatic hydroxyl groups is 1. The van der Waals surface area contributed by atoms with Gasteiger partial charge in [-0.15, -0.1) is 0 Å². The van der Waals surface area contributed by atoms with Gasteiger partial charge in [-0.25, -0.2) is 0 Å². The number of nitrogens with two attached hydrogens (primary N) is 1. The predicted octanol–water partition coefficient (Wildman–Crippen LogP) is -0.633. The van der Waals surface area contributed by atoms with E-state index in [9.17, 15) is 19.5 Å². The molecule has 2 aliphatic heterocycles. The number of amides is 2. The van der Waals surface area contributed by atoms with Gasteiger partial charge in [-0.3, -0.25) is 14.4 Å². The van der Waals surface area contributed by atoms with Crippen LogP contribution in [0.15, 0.2) is 0 Å². The van der Waals surface area contributed by atoms with Crippen LogP contribution in [0.25, 0.3) is 0 Å². The van der Waals surface area contributed by atoms with Crippen LogP contribution in [-0.2, 0) is 14.4 Å². The Labute approximate surface area is 136 Å². The molecule has 2 fully saturated rings. The molecule has 0 aromatic carbocycles. The molecule has 5 atom stereocenters. The minimum atomic E-state index is -0.969. The lowest BCUT2D eigenvalue weighted by atomic mass is 9.75. The summed E-state index contributed by atoms with van der Waals surface area (Å²) in [6.07, 6.45) is -0.951. The van der Waals surface area contributed by atoms with Crippen LogP contribution in [0.5, 0.6) is 0 Å². The van der Waals surface area contributed by atoms with Crippen LogP contribution >= 0.6 is 0 Å². The summed E-state index contributed by atoms with van der Waals surface area (Å²) in [5, 5.41) is 9.83. The predicted molar refractivity (Wildman–Crippen MR) is 84.3 cm³/mol. The van der Waals surface area contributed by atoms with Crippen molar-refractivity contribution in [2.75, 3.05) is 13.1 Å². The molecule has 2 saturated heterocycles. The molecule has 7 heteroatoms. The SMILES string of the molecule is CC(=O)[C@H]([C@@H](C)O)N1CC2(C1=O)C(C)C(N)C(=O)N2CC(C)C. The highest BCUT2D eigenvalue weighted by Gasteiger charge is 2.68. The van der Waals surface area contributed by atoms with Crippen molar-refractivity contribution in [1.29, 1.82) is 0 Å². The third-order valence-corrected chi connectivity index (χ3v) is 5.12. The fourth-order valence-electron chi connectivity index (χ4n) is 3.89. The van der Waals surface area contributed by atoms with E-state index in [0.29, 0.717) is 6.54 Å². The van der Waals surface area contributed by atoms with Gasteiger partial charge in [0.2, 0.25) is 5.91 Å². The Balaban J connectivity index is 2.33. The summed E-state index contributed by atoms with van der Waals surface area (Å²) in [6.45, 7) is 9.31. The van der Waals surface area contributed by atoms with Crippen LogP contribution in [-0.4, -0.2) is 69.3 Å². The highest BCUT2D eigenvalue weighted by molar-refractivity contribution is 6.04. The second kappa shape index (κ2) is 5.87. The summed E-state index contributed by atoms with van der Waals surface area (Å²) < 4.78 is 0. The van der Waals surface area contributed by atoms with Crippen molar-refractivity contribution in [2.45, 2.75) is 58.3 Å². The molecule has 0 aromatic rings. The van der Waals surface area contributed by atoms with Crippen molar-refractivity contribution in [2.24, 2.45) is 17.6 Å². The molecule has 130 valence electrons. The van der Waals surface area contributed by atoms with Crippen LogP contribution in [0.4, 0.5) is 0 Å². The maximum atomic E-state index is 12.9. The fourth-order valence-corrected chi connectivity index (χ4v) is 3.89. The van der Waals surface area contributed by atoms with Gasteiger partial charge in [0.15, 0.2) is 5.78 Å². The van der Waals surface area contributed by atoms with Crippen LogP contribution < -0.4 is 5.73 Å². The molecule has 1 spiro atoms. The van der Waals surface area contributed by atoms with Gasteiger partial charge < -0.3 is 20.6 Å². The van der Waals surface area contributed by atoms with E-state index in [1.165, 1.54) is 18.7 Å². The topological polar surface area (TPSA) is 104 Å².